The molecule has 0 radical (unpaired) electrons. The number of nitrogens with one attached hydrogen (secondary N) is 1. The molecule has 0 aliphatic heterocycles. The summed E-state index contributed by atoms with van der Waals surface area (Å²) in [5.74, 6) is 0. The number of aryl methyl sites for hydroxylation is 1. The van der Waals surface area contributed by atoms with E-state index in [0.29, 0.717) is 0 Å². The van der Waals surface area contributed by atoms with Gasteiger partial charge in [-0.1, -0.05) is 23.7 Å². The second-order valence-corrected chi connectivity index (χ2v) is 5.33. The lowest BCUT2D eigenvalue weighted by atomic mass is 10.1. The molecule has 0 aliphatic rings. The lowest BCUT2D eigenvalue weighted by Crippen LogP contribution is -2.16. The van der Waals surface area contributed by atoms with Crippen molar-refractivity contribution in [2.24, 2.45) is 0 Å². The largest absolute Gasteiger partial charge is 0.312 e. The fourth-order valence-electron chi connectivity index (χ4n) is 1.65. The number of hydrogen-bond donors (Lipinski definition) is 1. The molecule has 17 heavy (non-hydrogen) atoms. The van der Waals surface area contributed by atoms with Gasteiger partial charge in [-0.2, -0.15) is 11.3 Å². The third-order valence-corrected chi connectivity index (χ3v) is 3.88. The highest BCUT2D eigenvalue weighted by atomic mass is 35.5. The standard InChI is InChI=1S/C14H16ClNS/c1-11-2-3-13(8-14(11)15)9-16-6-4-12-5-7-17-10-12/h2-3,5,7-8,10,16H,4,6,9H2,1H3. The van der Waals surface area contributed by atoms with Crippen molar-refractivity contribution in [2.45, 2.75) is 19.9 Å². The molecular weight excluding hydrogens is 250 g/mol. The second kappa shape index (κ2) is 6.20. The Balaban J connectivity index is 1.76. The third-order valence-electron chi connectivity index (χ3n) is 2.74. The van der Waals surface area contributed by atoms with Crippen LogP contribution in [-0.4, -0.2) is 6.54 Å². The fraction of sp³-hybridized carbons (Fsp3) is 0.286. The Morgan fingerprint density at radius 1 is 1.24 bits per heavy atom. The zero-order valence-corrected chi connectivity index (χ0v) is 11.4. The number of hydrogen-bond acceptors (Lipinski definition) is 2. The van der Waals surface area contributed by atoms with Crippen molar-refractivity contribution in [1.29, 1.82) is 0 Å². The molecule has 90 valence electrons. The summed E-state index contributed by atoms with van der Waals surface area (Å²) < 4.78 is 0. The Kier molecular flexibility index (Phi) is 4.60. The Bertz CT molecular complexity index is 465. The minimum absolute atomic E-state index is 0.849. The summed E-state index contributed by atoms with van der Waals surface area (Å²) in [6.45, 7) is 3.91. The van der Waals surface area contributed by atoms with Gasteiger partial charge in [-0.25, -0.2) is 0 Å². The highest BCUT2D eigenvalue weighted by molar-refractivity contribution is 7.07. The lowest BCUT2D eigenvalue weighted by molar-refractivity contribution is 0.687. The zero-order chi connectivity index (χ0) is 12.1. The van der Waals surface area contributed by atoms with Crippen molar-refractivity contribution in [1.82, 2.24) is 5.32 Å². The molecule has 0 spiro atoms. The van der Waals surface area contributed by atoms with Gasteiger partial charge in [-0.05, 0) is 59.5 Å². The van der Waals surface area contributed by atoms with Crippen molar-refractivity contribution in [2.75, 3.05) is 6.54 Å². The van der Waals surface area contributed by atoms with Gasteiger partial charge in [0.2, 0.25) is 0 Å². The van der Waals surface area contributed by atoms with Crippen molar-refractivity contribution < 1.29 is 0 Å². The second-order valence-electron chi connectivity index (χ2n) is 4.14. The van der Waals surface area contributed by atoms with E-state index in [1.807, 2.05) is 13.0 Å². The summed E-state index contributed by atoms with van der Waals surface area (Å²) in [7, 11) is 0. The topological polar surface area (TPSA) is 12.0 Å². The molecule has 1 nitrogen and oxygen atoms in total. The number of benzene rings is 1. The monoisotopic (exact) mass is 265 g/mol. The normalized spacial score (nSPS) is 10.7. The van der Waals surface area contributed by atoms with Crippen LogP contribution in [0.15, 0.2) is 35.0 Å². The average molecular weight is 266 g/mol. The molecule has 1 N–H and O–H groups in total. The highest BCUT2D eigenvalue weighted by Crippen LogP contribution is 2.16. The Labute approximate surface area is 111 Å². The summed E-state index contributed by atoms with van der Waals surface area (Å²) in [5, 5.41) is 8.60. The van der Waals surface area contributed by atoms with Gasteiger partial charge < -0.3 is 5.32 Å². The van der Waals surface area contributed by atoms with Crippen LogP contribution >= 0.6 is 22.9 Å². The first-order valence-corrected chi connectivity index (χ1v) is 7.04. The molecule has 0 unspecified atom stereocenters. The summed E-state index contributed by atoms with van der Waals surface area (Å²) in [6.07, 6.45) is 1.09. The number of rotatable bonds is 5. The molecule has 0 aliphatic carbocycles. The van der Waals surface area contributed by atoms with E-state index < -0.39 is 0 Å². The first-order chi connectivity index (χ1) is 8.25. The van der Waals surface area contributed by atoms with Crippen molar-refractivity contribution in [3.8, 4) is 0 Å². The smallest absolute Gasteiger partial charge is 0.0438 e. The predicted molar refractivity (Wildman–Crippen MR) is 75.9 cm³/mol. The van der Waals surface area contributed by atoms with Gasteiger partial charge in [-0.15, -0.1) is 0 Å². The summed E-state index contributed by atoms with van der Waals surface area (Å²) in [4.78, 5) is 0. The predicted octanol–water partition coefficient (Wildman–Crippen LogP) is 4.04. The maximum absolute atomic E-state index is 6.08. The molecule has 0 atom stereocenters. The third kappa shape index (κ3) is 3.84. The molecule has 1 aromatic carbocycles. The van der Waals surface area contributed by atoms with E-state index in [-0.39, 0.29) is 0 Å². The van der Waals surface area contributed by atoms with Crippen LogP contribution in [0, 0.1) is 6.92 Å². The van der Waals surface area contributed by atoms with Crippen LogP contribution < -0.4 is 5.32 Å². The lowest BCUT2D eigenvalue weighted by Gasteiger charge is -2.06. The molecule has 2 rings (SSSR count). The molecule has 1 aromatic heterocycles. The van der Waals surface area contributed by atoms with Gasteiger partial charge >= 0.3 is 0 Å². The number of halogens is 1. The fourth-order valence-corrected chi connectivity index (χ4v) is 2.55. The van der Waals surface area contributed by atoms with Crippen molar-refractivity contribution in [3.63, 3.8) is 0 Å². The number of thiophene rings is 1. The van der Waals surface area contributed by atoms with Crippen molar-refractivity contribution in [3.05, 3.63) is 56.7 Å². The Morgan fingerprint density at radius 2 is 2.12 bits per heavy atom. The minimum atomic E-state index is 0.849. The molecule has 1 heterocycles. The SMILES string of the molecule is Cc1ccc(CNCCc2ccsc2)cc1Cl. The molecule has 0 saturated carbocycles. The molecule has 0 amide bonds. The van der Waals surface area contributed by atoms with Gasteiger partial charge in [0.25, 0.3) is 0 Å². The van der Waals surface area contributed by atoms with Gasteiger partial charge in [0.05, 0.1) is 0 Å². The molecule has 0 bridgehead atoms. The molecule has 3 heteroatoms. The Hall–Kier alpha value is -0.830. The van der Waals surface area contributed by atoms with Crippen molar-refractivity contribution >= 4 is 22.9 Å². The van der Waals surface area contributed by atoms with E-state index in [4.69, 9.17) is 11.6 Å². The van der Waals surface area contributed by atoms with Crippen LogP contribution in [0.4, 0.5) is 0 Å². The molecule has 0 fully saturated rings. The first-order valence-electron chi connectivity index (χ1n) is 5.72. The summed E-state index contributed by atoms with van der Waals surface area (Å²) in [6, 6.07) is 8.40. The van der Waals surface area contributed by atoms with Gasteiger partial charge in [-0.3, -0.25) is 0 Å². The van der Waals surface area contributed by atoms with E-state index in [0.717, 1.165) is 30.1 Å². The Morgan fingerprint density at radius 3 is 2.82 bits per heavy atom. The van der Waals surface area contributed by atoms with E-state index in [1.165, 1.54) is 11.1 Å². The van der Waals surface area contributed by atoms with Crippen LogP contribution in [0.2, 0.25) is 5.02 Å². The molecule has 2 aromatic rings. The van der Waals surface area contributed by atoms with E-state index in [1.54, 1.807) is 11.3 Å². The van der Waals surface area contributed by atoms with Gasteiger partial charge in [0.1, 0.15) is 0 Å². The summed E-state index contributed by atoms with van der Waals surface area (Å²) >= 11 is 7.83. The van der Waals surface area contributed by atoms with Crippen LogP contribution in [0.1, 0.15) is 16.7 Å². The van der Waals surface area contributed by atoms with E-state index in [2.05, 4.69) is 34.3 Å². The molecule has 0 saturated heterocycles. The first kappa shape index (κ1) is 12.6. The zero-order valence-electron chi connectivity index (χ0n) is 9.87. The van der Waals surface area contributed by atoms with E-state index >= 15 is 0 Å². The van der Waals surface area contributed by atoms with Crippen LogP contribution in [0.3, 0.4) is 0 Å². The minimum Gasteiger partial charge on any atom is -0.312 e. The van der Waals surface area contributed by atoms with Crippen LogP contribution in [0.5, 0.6) is 0 Å². The summed E-state index contributed by atoms with van der Waals surface area (Å²) in [5.41, 5.74) is 3.78. The molecular formula is C14H16ClNS. The maximum atomic E-state index is 6.08. The van der Waals surface area contributed by atoms with Crippen LogP contribution in [0.25, 0.3) is 0 Å². The highest BCUT2D eigenvalue weighted by Gasteiger charge is 1.98. The average Bonchev–Trinajstić information content (AvgIpc) is 2.82. The van der Waals surface area contributed by atoms with Crippen LogP contribution in [-0.2, 0) is 13.0 Å². The van der Waals surface area contributed by atoms with Gasteiger partial charge in [0, 0.05) is 11.6 Å². The maximum Gasteiger partial charge on any atom is 0.0438 e. The van der Waals surface area contributed by atoms with E-state index in [9.17, 15) is 0 Å². The van der Waals surface area contributed by atoms with Gasteiger partial charge in [0.15, 0.2) is 0 Å². The quantitative estimate of drug-likeness (QED) is 0.805.